The molecule has 0 saturated carbocycles. The highest BCUT2D eigenvalue weighted by Gasteiger charge is 2.25. The smallest absolute Gasteiger partial charge is 0.132 e. The van der Waals surface area contributed by atoms with Gasteiger partial charge in [-0.25, -0.2) is 8.78 Å². The van der Waals surface area contributed by atoms with Crippen molar-refractivity contribution < 1.29 is 13.9 Å². The summed E-state index contributed by atoms with van der Waals surface area (Å²) in [4.78, 5) is 0. The molecule has 0 amide bonds. The van der Waals surface area contributed by atoms with E-state index in [4.69, 9.17) is 0 Å². The summed E-state index contributed by atoms with van der Waals surface area (Å²) in [6.45, 7) is 2.07. The van der Waals surface area contributed by atoms with Gasteiger partial charge in [0.05, 0.1) is 5.60 Å². The normalized spacial score (nSPS) is 15.0. The third-order valence-electron chi connectivity index (χ3n) is 2.37. The van der Waals surface area contributed by atoms with Crippen LogP contribution in [0.4, 0.5) is 8.78 Å². The third kappa shape index (κ3) is 2.97. The zero-order valence-electron chi connectivity index (χ0n) is 8.85. The topological polar surface area (TPSA) is 32.3 Å². The average Bonchev–Trinajstić information content (AvgIpc) is 2.14. The van der Waals surface area contributed by atoms with Crippen LogP contribution in [0.15, 0.2) is 18.2 Å². The standard InChI is InChI=1S/C11H15F2NO/c1-11(15,5-6-14-2)9-4-3-8(12)7-10(9)13/h3-4,7,14-15H,5-6H2,1-2H3. The van der Waals surface area contributed by atoms with Gasteiger partial charge in [-0.05, 0) is 33.0 Å². The Hall–Kier alpha value is -1.00. The van der Waals surface area contributed by atoms with Crippen molar-refractivity contribution in [2.75, 3.05) is 13.6 Å². The van der Waals surface area contributed by atoms with Gasteiger partial charge in [-0.3, -0.25) is 0 Å². The van der Waals surface area contributed by atoms with E-state index in [-0.39, 0.29) is 5.56 Å². The van der Waals surface area contributed by atoms with Crippen LogP contribution >= 0.6 is 0 Å². The second-order valence-corrected chi connectivity index (χ2v) is 3.75. The van der Waals surface area contributed by atoms with E-state index in [1.807, 2.05) is 0 Å². The number of nitrogens with one attached hydrogen (secondary N) is 1. The van der Waals surface area contributed by atoms with Crippen molar-refractivity contribution in [3.05, 3.63) is 35.4 Å². The first-order valence-corrected chi connectivity index (χ1v) is 4.80. The maximum atomic E-state index is 13.4. The molecule has 0 aromatic heterocycles. The van der Waals surface area contributed by atoms with Gasteiger partial charge in [0.25, 0.3) is 0 Å². The van der Waals surface area contributed by atoms with Crippen molar-refractivity contribution in [3.8, 4) is 0 Å². The Balaban J connectivity index is 2.93. The number of rotatable bonds is 4. The van der Waals surface area contributed by atoms with Gasteiger partial charge < -0.3 is 10.4 Å². The van der Waals surface area contributed by atoms with Gasteiger partial charge in [-0.2, -0.15) is 0 Å². The predicted molar refractivity (Wildman–Crippen MR) is 54.5 cm³/mol. The molecular formula is C11H15F2NO. The van der Waals surface area contributed by atoms with Crippen molar-refractivity contribution >= 4 is 0 Å². The molecule has 0 aliphatic heterocycles. The molecule has 0 spiro atoms. The van der Waals surface area contributed by atoms with Crippen LogP contribution < -0.4 is 5.32 Å². The summed E-state index contributed by atoms with van der Waals surface area (Å²) >= 11 is 0. The van der Waals surface area contributed by atoms with E-state index in [1.54, 1.807) is 7.05 Å². The number of aliphatic hydroxyl groups is 1. The first-order chi connectivity index (χ1) is 6.97. The van der Waals surface area contributed by atoms with Crippen LogP contribution in [0.3, 0.4) is 0 Å². The maximum absolute atomic E-state index is 13.4. The quantitative estimate of drug-likeness (QED) is 0.802. The second-order valence-electron chi connectivity index (χ2n) is 3.75. The highest BCUT2D eigenvalue weighted by Crippen LogP contribution is 2.26. The molecule has 0 radical (unpaired) electrons. The minimum Gasteiger partial charge on any atom is -0.385 e. The minimum absolute atomic E-state index is 0.124. The summed E-state index contributed by atoms with van der Waals surface area (Å²) in [6.07, 6.45) is 0.367. The van der Waals surface area contributed by atoms with Crippen LogP contribution in [-0.4, -0.2) is 18.7 Å². The molecule has 1 aromatic carbocycles. The summed E-state index contributed by atoms with van der Waals surface area (Å²) in [7, 11) is 1.75. The molecule has 0 aliphatic rings. The van der Waals surface area contributed by atoms with Gasteiger partial charge >= 0.3 is 0 Å². The first-order valence-electron chi connectivity index (χ1n) is 4.80. The first kappa shape index (κ1) is 12.1. The Morgan fingerprint density at radius 3 is 2.60 bits per heavy atom. The molecule has 2 nitrogen and oxygen atoms in total. The predicted octanol–water partition coefficient (Wildman–Crippen LogP) is 1.78. The van der Waals surface area contributed by atoms with Crippen molar-refractivity contribution in [2.24, 2.45) is 0 Å². The highest BCUT2D eigenvalue weighted by atomic mass is 19.1. The van der Waals surface area contributed by atoms with Crippen molar-refractivity contribution in [1.29, 1.82) is 0 Å². The Morgan fingerprint density at radius 2 is 2.07 bits per heavy atom. The lowest BCUT2D eigenvalue weighted by Gasteiger charge is -2.24. The molecule has 1 unspecified atom stereocenters. The lowest BCUT2D eigenvalue weighted by molar-refractivity contribution is 0.0447. The molecule has 2 N–H and O–H groups in total. The van der Waals surface area contributed by atoms with Gasteiger partial charge in [-0.1, -0.05) is 6.07 Å². The van der Waals surface area contributed by atoms with Crippen molar-refractivity contribution in [1.82, 2.24) is 5.32 Å². The molecule has 0 bridgehead atoms. The van der Waals surface area contributed by atoms with Crippen LogP contribution in [0, 0.1) is 11.6 Å². The number of halogens is 2. The zero-order chi connectivity index (χ0) is 11.5. The van der Waals surface area contributed by atoms with E-state index in [0.717, 1.165) is 12.1 Å². The number of hydrogen-bond acceptors (Lipinski definition) is 2. The van der Waals surface area contributed by atoms with Crippen LogP contribution in [0.1, 0.15) is 18.9 Å². The number of benzene rings is 1. The van der Waals surface area contributed by atoms with E-state index >= 15 is 0 Å². The van der Waals surface area contributed by atoms with Gasteiger partial charge in [0.1, 0.15) is 11.6 Å². The van der Waals surface area contributed by atoms with E-state index in [2.05, 4.69) is 5.32 Å². The Kier molecular flexibility index (Phi) is 3.77. The SMILES string of the molecule is CNCCC(C)(O)c1ccc(F)cc1F. The molecule has 15 heavy (non-hydrogen) atoms. The third-order valence-corrected chi connectivity index (χ3v) is 2.37. The van der Waals surface area contributed by atoms with Gasteiger partial charge in [-0.15, -0.1) is 0 Å². The summed E-state index contributed by atoms with van der Waals surface area (Å²) in [6, 6.07) is 3.20. The molecule has 1 atom stereocenters. The van der Waals surface area contributed by atoms with Gasteiger partial charge in [0, 0.05) is 11.6 Å². The molecule has 0 aliphatic carbocycles. The second kappa shape index (κ2) is 4.68. The zero-order valence-corrected chi connectivity index (χ0v) is 8.85. The number of hydrogen-bond donors (Lipinski definition) is 2. The van der Waals surface area contributed by atoms with E-state index < -0.39 is 17.2 Å². The average molecular weight is 215 g/mol. The van der Waals surface area contributed by atoms with Crippen molar-refractivity contribution in [2.45, 2.75) is 18.9 Å². The molecule has 0 saturated heterocycles. The molecule has 1 aromatic rings. The summed E-state index contributed by atoms with van der Waals surface area (Å²) < 4.78 is 26.0. The Labute approximate surface area is 87.9 Å². The largest absolute Gasteiger partial charge is 0.385 e. The molecule has 0 heterocycles. The van der Waals surface area contributed by atoms with Crippen LogP contribution in [0.2, 0.25) is 0 Å². The fourth-order valence-electron chi connectivity index (χ4n) is 1.43. The fraction of sp³-hybridized carbons (Fsp3) is 0.455. The van der Waals surface area contributed by atoms with Crippen molar-refractivity contribution in [3.63, 3.8) is 0 Å². The van der Waals surface area contributed by atoms with E-state index in [0.29, 0.717) is 13.0 Å². The van der Waals surface area contributed by atoms with E-state index in [1.165, 1.54) is 13.0 Å². The van der Waals surface area contributed by atoms with Crippen LogP contribution in [0.25, 0.3) is 0 Å². The van der Waals surface area contributed by atoms with E-state index in [9.17, 15) is 13.9 Å². The molecule has 0 fully saturated rings. The molecule has 4 heteroatoms. The van der Waals surface area contributed by atoms with Gasteiger partial charge in [0.2, 0.25) is 0 Å². The Morgan fingerprint density at radius 1 is 1.40 bits per heavy atom. The lowest BCUT2D eigenvalue weighted by Crippen LogP contribution is -2.27. The van der Waals surface area contributed by atoms with Crippen LogP contribution in [0.5, 0.6) is 0 Å². The van der Waals surface area contributed by atoms with Crippen LogP contribution in [-0.2, 0) is 5.60 Å². The summed E-state index contributed by atoms with van der Waals surface area (Å²) in [5.41, 5.74) is -1.15. The molecule has 84 valence electrons. The fourth-order valence-corrected chi connectivity index (χ4v) is 1.43. The van der Waals surface area contributed by atoms with Gasteiger partial charge in [0.15, 0.2) is 0 Å². The summed E-state index contributed by atoms with van der Waals surface area (Å²) in [5, 5.41) is 12.9. The maximum Gasteiger partial charge on any atom is 0.132 e. The summed E-state index contributed by atoms with van der Waals surface area (Å²) in [5.74, 6) is -1.35. The Bertz CT molecular complexity index is 339. The lowest BCUT2D eigenvalue weighted by atomic mass is 9.92. The minimum atomic E-state index is -1.28. The molecule has 1 rings (SSSR count). The molecular weight excluding hydrogens is 200 g/mol. The monoisotopic (exact) mass is 215 g/mol. The highest BCUT2D eigenvalue weighted by molar-refractivity contribution is 5.24.